The van der Waals surface area contributed by atoms with E-state index in [1.54, 1.807) is 32.9 Å². The maximum Gasteiger partial charge on any atom is 0.514 e. The van der Waals surface area contributed by atoms with Crippen LogP contribution >= 0.6 is 0 Å². The van der Waals surface area contributed by atoms with E-state index in [4.69, 9.17) is 9.47 Å². The molecule has 0 aromatic heterocycles. The zero-order valence-corrected chi connectivity index (χ0v) is 12.8. The number of rotatable bonds is 3. The van der Waals surface area contributed by atoms with Crippen molar-refractivity contribution in [3.8, 4) is 5.75 Å². The van der Waals surface area contributed by atoms with Gasteiger partial charge in [0.1, 0.15) is 11.4 Å². The fraction of sp³-hybridized carbons (Fsp3) is 0.500. The molecule has 2 atom stereocenters. The number of nitrogens with one attached hydrogen (secondary N) is 1. The zero-order valence-electron chi connectivity index (χ0n) is 12.8. The topological polar surface area (TPSA) is 64.6 Å². The smallest absolute Gasteiger partial charge is 0.428 e. The van der Waals surface area contributed by atoms with Crippen LogP contribution in [0.25, 0.3) is 0 Å². The molecule has 0 bridgehead atoms. The molecular formula is C16H21NO4. The van der Waals surface area contributed by atoms with Gasteiger partial charge in [0.2, 0.25) is 5.91 Å². The van der Waals surface area contributed by atoms with Gasteiger partial charge in [0.25, 0.3) is 0 Å². The van der Waals surface area contributed by atoms with Gasteiger partial charge in [-0.15, -0.1) is 0 Å². The minimum atomic E-state index is -0.710. The largest absolute Gasteiger partial charge is 0.514 e. The van der Waals surface area contributed by atoms with E-state index in [1.807, 2.05) is 12.1 Å². The lowest BCUT2D eigenvalue weighted by atomic mass is 10.1. The Morgan fingerprint density at radius 1 is 1.19 bits per heavy atom. The molecule has 1 saturated carbocycles. The molecule has 1 N–H and O–H groups in total. The zero-order chi connectivity index (χ0) is 15.6. The minimum absolute atomic E-state index is 0.00706. The number of carbonyl (C=O) groups is 2. The molecule has 2 rings (SSSR count). The molecule has 1 aliphatic carbocycles. The Balaban J connectivity index is 1.88. The van der Waals surface area contributed by atoms with E-state index in [9.17, 15) is 9.59 Å². The van der Waals surface area contributed by atoms with Crippen LogP contribution in [-0.2, 0) is 9.53 Å². The van der Waals surface area contributed by atoms with Gasteiger partial charge >= 0.3 is 6.16 Å². The lowest BCUT2D eigenvalue weighted by Crippen LogP contribution is -2.26. The summed E-state index contributed by atoms with van der Waals surface area (Å²) in [5.74, 6) is 0.793. The van der Waals surface area contributed by atoms with Gasteiger partial charge in [-0.25, -0.2) is 4.79 Å². The van der Waals surface area contributed by atoms with Gasteiger partial charge in [0.05, 0.1) is 0 Å². The SMILES string of the molecule is CC(=O)NC1CC1c1ccc(OC(=O)OC(C)(C)C)cc1. The predicted octanol–water partition coefficient (Wildman–Crippen LogP) is 2.99. The summed E-state index contributed by atoms with van der Waals surface area (Å²) in [6.45, 7) is 6.87. The molecule has 1 aromatic rings. The molecule has 0 saturated heterocycles. The monoisotopic (exact) mass is 291 g/mol. The number of amides is 1. The van der Waals surface area contributed by atoms with Crippen LogP contribution in [0, 0.1) is 0 Å². The molecule has 5 nitrogen and oxygen atoms in total. The van der Waals surface area contributed by atoms with E-state index < -0.39 is 11.8 Å². The van der Waals surface area contributed by atoms with Crippen molar-refractivity contribution in [1.82, 2.24) is 5.32 Å². The molecule has 114 valence electrons. The van der Waals surface area contributed by atoms with Gasteiger partial charge in [-0.2, -0.15) is 0 Å². The van der Waals surface area contributed by atoms with Crippen LogP contribution in [0.5, 0.6) is 5.75 Å². The average Bonchev–Trinajstić information content (AvgIpc) is 3.05. The van der Waals surface area contributed by atoms with Gasteiger partial charge in [0, 0.05) is 18.9 Å². The molecule has 5 heteroatoms. The van der Waals surface area contributed by atoms with Crippen molar-refractivity contribution in [2.24, 2.45) is 0 Å². The van der Waals surface area contributed by atoms with Crippen LogP contribution in [0.1, 0.15) is 45.6 Å². The molecule has 0 spiro atoms. The average molecular weight is 291 g/mol. The second kappa shape index (κ2) is 5.76. The summed E-state index contributed by atoms with van der Waals surface area (Å²) in [6, 6.07) is 7.52. The lowest BCUT2D eigenvalue weighted by molar-refractivity contribution is -0.119. The summed E-state index contributed by atoms with van der Waals surface area (Å²) in [7, 11) is 0. The third kappa shape index (κ3) is 4.77. The Kier molecular flexibility index (Phi) is 4.21. The van der Waals surface area contributed by atoms with Crippen molar-refractivity contribution in [2.45, 2.75) is 51.7 Å². The van der Waals surface area contributed by atoms with Crippen LogP contribution in [0.15, 0.2) is 24.3 Å². The number of hydrogen-bond donors (Lipinski definition) is 1. The molecule has 1 aliphatic rings. The molecule has 0 radical (unpaired) electrons. The third-order valence-corrected chi connectivity index (χ3v) is 3.08. The highest BCUT2D eigenvalue weighted by Gasteiger charge is 2.38. The summed E-state index contributed by atoms with van der Waals surface area (Å²) < 4.78 is 10.2. The Hall–Kier alpha value is -2.04. The van der Waals surface area contributed by atoms with Crippen LogP contribution in [0.2, 0.25) is 0 Å². The molecule has 0 aliphatic heterocycles. The van der Waals surface area contributed by atoms with Crippen molar-refractivity contribution in [1.29, 1.82) is 0 Å². The first-order valence-corrected chi connectivity index (χ1v) is 7.02. The second-order valence-electron chi connectivity index (χ2n) is 6.28. The Labute approximate surface area is 124 Å². The van der Waals surface area contributed by atoms with E-state index in [0.717, 1.165) is 12.0 Å². The molecule has 1 aromatic carbocycles. The molecule has 21 heavy (non-hydrogen) atoms. The van der Waals surface area contributed by atoms with Crippen LogP contribution in [0.4, 0.5) is 4.79 Å². The highest BCUT2D eigenvalue weighted by Crippen LogP contribution is 2.41. The first-order valence-electron chi connectivity index (χ1n) is 7.02. The summed E-state index contributed by atoms with van der Waals surface area (Å²) in [5, 5.41) is 2.89. The van der Waals surface area contributed by atoms with Crippen molar-refractivity contribution < 1.29 is 19.1 Å². The first-order chi connectivity index (χ1) is 9.74. The summed E-state index contributed by atoms with van der Waals surface area (Å²) in [4.78, 5) is 22.5. The molecular weight excluding hydrogens is 270 g/mol. The van der Waals surface area contributed by atoms with Crippen LogP contribution < -0.4 is 10.1 Å². The highest BCUT2D eigenvalue weighted by molar-refractivity contribution is 5.74. The van der Waals surface area contributed by atoms with Gasteiger partial charge in [-0.1, -0.05) is 12.1 Å². The summed E-state index contributed by atoms with van der Waals surface area (Å²) in [6.07, 6.45) is 0.240. The predicted molar refractivity (Wildman–Crippen MR) is 78.3 cm³/mol. The van der Waals surface area contributed by atoms with E-state index in [-0.39, 0.29) is 11.9 Å². The van der Waals surface area contributed by atoms with Gasteiger partial charge < -0.3 is 14.8 Å². The highest BCUT2D eigenvalue weighted by atomic mass is 16.7. The van der Waals surface area contributed by atoms with Crippen molar-refractivity contribution in [3.05, 3.63) is 29.8 Å². The Bertz CT molecular complexity index is 530. The lowest BCUT2D eigenvalue weighted by Gasteiger charge is -2.18. The first kappa shape index (κ1) is 15.4. The van der Waals surface area contributed by atoms with Gasteiger partial charge in [-0.05, 0) is 44.9 Å². The Morgan fingerprint density at radius 2 is 1.81 bits per heavy atom. The fourth-order valence-electron chi connectivity index (χ4n) is 2.13. The van der Waals surface area contributed by atoms with Crippen molar-refractivity contribution >= 4 is 12.1 Å². The molecule has 1 fully saturated rings. The quantitative estimate of drug-likeness (QED) is 0.687. The number of hydrogen-bond acceptors (Lipinski definition) is 4. The minimum Gasteiger partial charge on any atom is -0.428 e. The van der Waals surface area contributed by atoms with Gasteiger partial charge in [-0.3, -0.25) is 4.79 Å². The standard InChI is InChI=1S/C16H21NO4/c1-10(18)17-14-9-13(14)11-5-7-12(8-6-11)20-15(19)21-16(2,3)4/h5-8,13-14H,9H2,1-4H3,(H,17,18). The summed E-state index contributed by atoms with van der Waals surface area (Å²) >= 11 is 0. The van der Waals surface area contributed by atoms with Crippen LogP contribution in [0.3, 0.4) is 0 Å². The van der Waals surface area contributed by atoms with E-state index >= 15 is 0 Å². The van der Waals surface area contributed by atoms with Crippen molar-refractivity contribution in [3.63, 3.8) is 0 Å². The fourth-order valence-corrected chi connectivity index (χ4v) is 2.13. The van der Waals surface area contributed by atoms with Crippen LogP contribution in [-0.4, -0.2) is 23.7 Å². The maximum atomic E-state index is 11.5. The molecule has 2 unspecified atom stereocenters. The molecule has 1 amide bonds. The summed E-state index contributed by atoms with van der Waals surface area (Å²) in [5.41, 5.74) is 0.557. The number of ether oxygens (including phenoxy) is 2. The Morgan fingerprint density at radius 3 is 2.33 bits per heavy atom. The van der Waals surface area contributed by atoms with Crippen molar-refractivity contribution in [2.75, 3.05) is 0 Å². The van der Waals surface area contributed by atoms with Gasteiger partial charge in [0.15, 0.2) is 0 Å². The van der Waals surface area contributed by atoms with E-state index in [0.29, 0.717) is 11.7 Å². The normalized spacial score (nSPS) is 20.6. The number of benzene rings is 1. The maximum absolute atomic E-state index is 11.5. The second-order valence-corrected chi connectivity index (χ2v) is 6.28. The van der Waals surface area contributed by atoms with E-state index in [2.05, 4.69) is 5.32 Å². The number of carbonyl (C=O) groups excluding carboxylic acids is 2. The molecule has 0 heterocycles. The van der Waals surface area contributed by atoms with E-state index in [1.165, 1.54) is 6.92 Å². The third-order valence-electron chi connectivity index (χ3n) is 3.08.